The van der Waals surface area contributed by atoms with Crippen LogP contribution in [-0.4, -0.2) is 28.0 Å². The number of aryl methyl sites for hydroxylation is 1. The van der Waals surface area contributed by atoms with E-state index in [2.05, 4.69) is 10.1 Å². The largest absolute Gasteiger partial charge is 0.359 e. The van der Waals surface area contributed by atoms with Crippen LogP contribution in [-0.2, 0) is 6.54 Å². The number of aromatic nitrogens is 2. The Morgan fingerprint density at radius 3 is 2.77 bits per heavy atom. The van der Waals surface area contributed by atoms with E-state index in [0.717, 1.165) is 21.7 Å². The van der Waals surface area contributed by atoms with Crippen molar-refractivity contribution in [1.29, 1.82) is 0 Å². The third-order valence-electron chi connectivity index (χ3n) is 3.33. The summed E-state index contributed by atoms with van der Waals surface area (Å²) in [6.45, 7) is 2.32. The van der Waals surface area contributed by atoms with Crippen molar-refractivity contribution in [2.75, 3.05) is 7.05 Å². The molecule has 3 aromatic heterocycles. The molecule has 0 N–H and O–H groups in total. The minimum atomic E-state index is -0.00522. The third-order valence-corrected chi connectivity index (χ3v) is 4.34. The lowest BCUT2D eigenvalue weighted by Gasteiger charge is -2.14. The van der Waals surface area contributed by atoms with E-state index in [1.807, 2.05) is 36.6 Å². The molecule has 0 bridgehead atoms. The zero-order valence-electron chi connectivity index (χ0n) is 12.3. The van der Waals surface area contributed by atoms with E-state index < -0.39 is 0 Å². The highest BCUT2D eigenvalue weighted by molar-refractivity contribution is 7.12. The summed E-state index contributed by atoms with van der Waals surface area (Å²) in [6, 6.07) is 7.53. The Labute approximate surface area is 132 Å². The summed E-state index contributed by atoms with van der Waals surface area (Å²) < 4.78 is 5.33. The van der Waals surface area contributed by atoms with Gasteiger partial charge in [-0.05, 0) is 36.1 Å². The predicted octanol–water partition coefficient (Wildman–Crippen LogP) is 3.38. The molecule has 0 aromatic carbocycles. The molecular formula is C16H15N3O2S. The summed E-state index contributed by atoms with van der Waals surface area (Å²) in [4.78, 5) is 18.7. The van der Waals surface area contributed by atoms with Gasteiger partial charge in [0.25, 0.3) is 5.91 Å². The average Bonchev–Trinajstić information content (AvgIpc) is 3.16. The first kappa shape index (κ1) is 14.5. The van der Waals surface area contributed by atoms with Crippen molar-refractivity contribution < 1.29 is 9.32 Å². The lowest BCUT2D eigenvalue weighted by molar-refractivity contribution is 0.0776. The van der Waals surface area contributed by atoms with Crippen LogP contribution < -0.4 is 0 Å². The van der Waals surface area contributed by atoms with E-state index in [4.69, 9.17) is 4.52 Å². The average molecular weight is 313 g/mol. The second kappa shape index (κ2) is 6.11. The number of rotatable bonds is 4. The molecule has 0 fully saturated rings. The van der Waals surface area contributed by atoms with Crippen LogP contribution in [0.4, 0.5) is 0 Å². The number of pyridine rings is 1. The quantitative estimate of drug-likeness (QED) is 0.741. The molecule has 1 amide bonds. The molecule has 0 unspecified atom stereocenters. The fraction of sp³-hybridized carbons (Fsp3) is 0.188. The highest BCUT2D eigenvalue weighted by Gasteiger charge is 2.17. The minimum Gasteiger partial charge on any atom is -0.359 e. The van der Waals surface area contributed by atoms with Crippen LogP contribution in [0.15, 0.2) is 46.6 Å². The topological polar surface area (TPSA) is 59.2 Å². The molecule has 3 aromatic rings. The van der Waals surface area contributed by atoms with Gasteiger partial charge in [-0.25, -0.2) is 0 Å². The number of carbonyl (C=O) groups is 1. The molecule has 0 radical (unpaired) electrons. The van der Waals surface area contributed by atoms with Crippen LogP contribution in [0.3, 0.4) is 0 Å². The second-order valence-electron chi connectivity index (χ2n) is 5.01. The summed E-state index contributed by atoms with van der Waals surface area (Å²) in [5, 5.41) is 5.96. The number of thiophene rings is 1. The number of carbonyl (C=O) groups excluding carboxylic acids is 1. The maximum Gasteiger partial charge on any atom is 0.264 e. The van der Waals surface area contributed by atoms with E-state index >= 15 is 0 Å². The van der Waals surface area contributed by atoms with Gasteiger partial charge in [-0.15, -0.1) is 11.3 Å². The van der Waals surface area contributed by atoms with Crippen molar-refractivity contribution in [3.8, 4) is 11.3 Å². The summed E-state index contributed by atoms with van der Waals surface area (Å²) in [7, 11) is 1.76. The van der Waals surface area contributed by atoms with Crippen molar-refractivity contribution in [2.45, 2.75) is 13.5 Å². The molecule has 3 heterocycles. The number of hydrogen-bond acceptors (Lipinski definition) is 5. The van der Waals surface area contributed by atoms with Crippen LogP contribution >= 0.6 is 11.3 Å². The first-order valence-electron chi connectivity index (χ1n) is 6.80. The first-order chi connectivity index (χ1) is 10.6. The van der Waals surface area contributed by atoms with Gasteiger partial charge in [0, 0.05) is 31.1 Å². The van der Waals surface area contributed by atoms with Gasteiger partial charge in [0.2, 0.25) is 0 Å². The maximum atomic E-state index is 12.4. The van der Waals surface area contributed by atoms with Crippen LogP contribution in [0.25, 0.3) is 11.3 Å². The van der Waals surface area contributed by atoms with Crippen molar-refractivity contribution in [3.63, 3.8) is 0 Å². The summed E-state index contributed by atoms with van der Waals surface area (Å²) in [5.41, 5.74) is 2.68. The van der Waals surface area contributed by atoms with Gasteiger partial charge in [-0.1, -0.05) is 5.16 Å². The molecule has 0 atom stereocenters. The zero-order chi connectivity index (χ0) is 15.5. The van der Waals surface area contributed by atoms with Crippen molar-refractivity contribution in [1.82, 2.24) is 15.0 Å². The summed E-state index contributed by atoms with van der Waals surface area (Å²) >= 11 is 1.45. The van der Waals surface area contributed by atoms with Crippen molar-refractivity contribution in [2.24, 2.45) is 0 Å². The molecule has 0 saturated heterocycles. The Morgan fingerprint density at radius 2 is 2.09 bits per heavy atom. The van der Waals surface area contributed by atoms with Gasteiger partial charge in [0.15, 0.2) is 5.76 Å². The van der Waals surface area contributed by atoms with Crippen molar-refractivity contribution >= 4 is 17.2 Å². The zero-order valence-corrected chi connectivity index (χ0v) is 13.1. The molecular weight excluding hydrogens is 298 g/mol. The Hall–Kier alpha value is -2.47. The molecule has 3 rings (SSSR count). The Bertz CT molecular complexity index is 780. The lowest BCUT2D eigenvalue weighted by atomic mass is 10.2. The minimum absolute atomic E-state index is 0.00522. The summed E-state index contributed by atoms with van der Waals surface area (Å²) in [5.74, 6) is 0.645. The molecule has 0 aliphatic rings. The molecule has 0 saturated carbocycles. The van der Waals surface area contributed by atoms with Gasteiger partial charge in [0.1, 0.15) is 5.69 Å². The molecule has 6 heteroatoms. The molecule has 5 nitrogen and oxygen atoms in total. The van der Waals surface area contributed by atoms with Crippen molar-refractivity contribution in [3.05, 3.63) is 58.2 Å². The highest BCUT2D eigenvalue weighted by atomic mass is 32.1. The van der Waals surface area contributed by atoms with Gasteiger partial charge in [-0.2, -0.15) is 0 Å². The van der Waals surface area contributed by atoms with Gasteiger partial charge >= 0.3 is 0 Å². The lowest BCUT2D eigenvalue weighted by Crippen LogP contribution is -2.25. The number of nitrogens with zero attached hydrogens (tertiary/aromatic N) is 3. The maximum absolute atomic E-state index is 12.4. The fourth-order valence-corrected chi connectivity index (χ4v) is 3.04. The number of amides is 1. The third kappa shape index (κ3) is 2.92. The Balaban J connectivity index is 1.73. The first-order valence-corrected chi connectivity index (χ1v) is 7.68. The van der Waals surface area contributed by atoms with E-state index in [1.165, 1.54) is 11.3 Å². The fourth-order valence-electron chi connectivity index (χ4n) is 2.12. The summed E-state index contributed by atoms with van der Waals surface area (Å²) in [6.07, 6.45) is 3.41. The van der Waals surface area contributed by atoms with Gasteiger partial charge in [0.05, 0.1) is 11.4 Å². The van der Waals surface area contributed by atoms with Crippen LogP contribution in [0.5, 0.6) is 0 Å². The monoisotopic (exact) mass is 313 g/mol. The molecule has 0 aliphatic carbocycles. The standard InChI is InChI=1S/C16H15N3O2S/c1-11-5-8-22-15(11)16(20)19(2)10-13-9-14(18-21-13)12-3-6-17-7-4-12/h3-9H,10H2,1-2H3. The molecule has 22 heavy (non-hydrogen) atoms. The normalized spacial score (nSPS) is 10.6. The molecule has 0 aliphatic heterocycles. The smallest absolute Gasteiger partial charge is 0.264 e. The van der Waals surface area contributed by atoms with Gasteiger partial charge in [-0.3, -0.25) is 9.78 Å². The molecule has 0 spiro atoms. The highest BCUT2D eigenvalue weighted by Crippen LogP contribution is 2.21. The predicted molar refractivity (Wildman–Crippen MR) is 84.6 cm³/mol. The molecule has 112 valence electrons. The second-order valence-corrected chi connectivity index (χ2v) is 5.92. The Kier molecular flexibility index (Phi) is 4.02. The van der Waals surface area contributed by atoms with Crippen LogP contribution in [0.2, 0.25) is 0 Å². The SMILES string of the molecule is Cc1ccsc1C(=O)N(C)Cc1cc(-c2ccncc2)no1. The van der Waals surface area contributed by atoms with Crippen LogP contribution in [0, 0.1) is 6.92 Å². The van der Waals surface area contributed by atoms with E-state index in [0.29, 0.717) is 12.3 Å². The number of hydrogen-bond donors (Lipinski definition) is 0. The van der Waals surface area contributed by atoms with E-state index in [1.54, 1.807) is 24.3 Å². The Morgan fingerprint density at radius 1 is 1.32 bits per heavy atom. The van der Waals surface area contributed by atoms with Gasteiger partial charge < -0.3 is 9.42 Å². The van der Waals surface area contributed by atoms with Crippen LogP contribution in [0.1, 0.15) is 21.0 Å². The van der Waals surface area contributed by atoms with E-state index in [-0.39, 0.29) is 5.91 Å². The van der Waals surface area contributed by atoms with E-state index in [9.17, 15) is 4.79 Å².